The van der Waals surface area contributed by atoms with Crippen molar-refractivity contribution in [3.8, 4) is 0 Å². The molecule has 12 heavy (non-hydrogen) atoms. The molecule has 0 aromatic rings. The normalized spacial score (nSPS) is 20.5. The molecule has 0 radical (unpaired) electrons. The van der Waals surface area contributed by atoms with Crippen LogP contribution in [0.5, 0.6) is 0 Å². The molecule has 62 valence electrons. The molecular formula is C9H11N3. The van der Waals surface area contributed by atoms with E-state index in [4.69, 9.17) is 0 Å². The zero-order valence-electron chi connectivity index (χ0n) is 7.20. The van der Waals surface area contributed by atoms with Gasteiger partial charge in [-0.3, -0.25) is 10.0 Å². The minimum Gasteiger partial charge on any atom is -0.292 e. The third kappa shape index (κ3) is 0.961. The molecule has 2 rings (SSSR count). The minimum atomic E-state index is 1.14. The van der Waals surface area contributed by atoms with Gasteiger partial charge in [0.25, 0.3) is 0 Å². The second-order valence-corrected chi connectivity index (χ2v) is 2.83. The predicted octanol–water partition coefficient (Wildman–Crippen LogP) is 0.776. The van der Waals surface area contributed by atoms with Crippen LogP contribution in [0.2, 0.25) is 0 Å². The second kappa shape index (κ2) is 2.55. The van der Waals surface area contributed by atoms with E-state index in [9.17, 15) is 0 Å². The Labute approximate surface area is 71.9 Å². The van der Waals surface area contributed by atoms with E-state index in [1.54, 1.807) is 0 Å². The summed E-state index contributed by atoms with van der Waals surface area (Å²) in [5, 5.41) is 3.94. The van der Waals surface area contributed by atoms with Crippen LogP contribution in [0.3, 0.4) is 0 Å². The molecule has 1 heterocycles. The molecule has 0 aromatic carbocycles. The Morgan fingerprint density at radius 3 is 2.83 bits per heavy atom. The van der Waals surface area contributed by atoms with Gasteiger partial charge >= 0.3 is 0 Å². The highest BCUT2D eigenvalue weighted by atomic mass is 15.8. The monoisotopic (exact) mass is 161 g/mol. The van der Waals surface area contributed by atoms with Crippen molar-refractivity contribution in [3.63, 3.8) is 0 Å². The Bertz CT molecular complexity index is 319. The summed E-state index contributed by atoms with van der Waals surface area (Å²) in [5.41, 5.74) is 8.52. The lowest BCUT2D eigenvalue weighted by Crippen LogP contribution is -2.36. The molecular weight excluding hydrogens is 150 g/mol. The average Bonchev–Trinajstić information content (AvgIpc) is 2.29. The molecule has 1 aliphatic carbocycles. The van der Waals surface area contributed by atoms with E-state index in [2.05, 4.69) is 17.3 Å². The van der Waals surface area contributed by atoms with Crippen LogP contribution in [0.4, 0.5) is 0 Å². The van der Waals surface area contributed by atoms with Gasteiger partial charge in [-0.1, -0.05) is 6.08 Å². The van der Waals surface area contributed by atoms with Crippen molar-refractivity contribution in [2.24, 2.45) is 0 Å². The van der Waals surface area contributed by atoms with Crippen molar-refractivity contribution in [2.75, 3.05) is 14.1 Å². The van der Waals surface area contributed by atoms with Crippen LogP contribution >= 0.6 is 0 Å². The van der Waals surface area contributed by atoms with E-state index in [1.807, 2.05) is 42.3 Å². The van der Waals surface area contributed by atoms with Crippen LogP contribution in [0.25, 0.3) is 0 Å². The summed E-state index contributed by atoms with van der Waals surface area (Å²) in [5.74, 6) is 0. The van der Waals surface area contributed by atoms with Gasteiger partial charge in [-0.15, -0.1) is 11.3 Å². The lowest BCUT2D eigenvalue weighted by atomic mass is 10.3. The van der Waals surface area contributed by atoms with E-state index >= 15 is 0 Å². The van der Waals surface area contributed by atoms with Crippen LogP contribution in [-0.4, -0.2) is 24.1 Å². The molecule has 0 unspecified atom stereocenters. The number of allylic oxidation sites excluding steroid dienone is 3. The highest BCUT2D eigenvalue weighted by Gasteiger charge is 2.19. The first-order valence-corrected chi connectivity index (χ1v) is 3.86. The Morgan fingerprint density at radius 1 is 1.25 bits per heavy atom. The van der Waals surface area contributed by atoms with Gasteiger partial charge < -0.3 is 0 Å². The van der Waals surface area contributed by atoms with Crippen molar-refractivity contribution < 1.29 is 0 Å². The van der Waals surface area contributed by atoms with Gasteiger partial charge in [0.1, 0.15) is 0 Å². The predicted molar refractivity (Wildman–Crippen MR) is 47.5 cm³/mol. The topological polar surface area (TPSA) is 18.5 Å². The van der Waals surface area contributed by atoms with E-state index in [1.165, 1.54) is 5.70 Å². The Hall–Kier alpha value is -1.44. The van der Waals surface area contributed by atoms with Gasteiger partial charge in [-0.25, -0.2) is 0 Å². The van der Waals surface area contributed by atoms with Crippen molar-refractivity contribution >= 4 is 0 Å². The molecule has 0 saturated carbocycles. The summed E-state index contributed by atoms with van der Waals surface area (Å²) >= 11 is 0. The molecule has 0 aromatic heterocycles. The number of hydrogen-bond donors (Lipinski definition) is 1. The number of nitrogens with one attached hydrogen (secondary N) is 1. The smallest absolute Gasteiger partial charge is 0.0858 e. The maximum atomic E-state index is 3.14. The molecule has 0 fully saturated rings. The summed E-state index contributed by atoms with van der Waals surface area (Å²) in [7, 11) is 3.97. The van der Waals surface area contributed by atoms with E-state index < -0.39 is 0 Å². The molecule has 0 spiro atoms. The van der Waals surface area contributed by atoms with Crippen molar-refractivity contribution in [2.45, 2.75) is 0 Å². The minimum absolute atomic E-state index is 1.14. The number of hydrogen-bond acceptors (Lipinski definition) is 3. The zero-order chi connectivity index (χ0) is 8.55. The lowest BCUT2D eigenvalue weighted by Gasteiger charge is -2.16. The van der Waals surface area contributed by atoms with Gasteiger partial charge in [0.05, 0.1) is 11.4 Å². The van der Waals surface area contributed by atoms with E-state index in [0.29, 0.717) is 0 Å². The van der Waals surface area contributed by atoms with E-state index in [0.717, 1.165) is 5.70 Å². The number of rotatable bonds is 0. The lowest BCUT2D eigenvalue weighted by molar-refractivity contribution is 0.180. The standard InChI is InChI=1S/C9H11N3/c1-11-8-6-4-3-5-7-9(8)12(2)10-11/h3-4,6-7,10H,1-2H3. The van der Waals surface area contributed by atoms with Gasteiger partial charge in [-0.2, -0.15) is 0 Å². The zero-order valence-corrected chi connectivity index (χ0v) is 7.20. The highest BCUT2D eigenvalue weighted by Crippen LogP contribution is 2.19. The largest absolute Gasteiger partial charge is 0.292 e. The Morgan fingerprint density at radius 2 is 2.00 bits per heavy atom. The molecule has 0 saturated heterocycles. The van der Waals surface area contributed by atoms with Crippen molar-refractivity contribution in [3.05, 3.63) is 41.4 Å². The Kier molecular flexibility index (Phi) is 1.54. The van der Waals surface area contributed by atoms with Crippen LogP contribution in [-0.2, 0) is 0 Å². The first-order valence-electron chi connectivity index (χ1n) is 3.86. The van der Waals surface area contributed by atoms with Crippen molar-refractivity contribution in [1.82, 2.24) is 15.6 Å². The van der Waals surface area contributed by atoms with Crippen LogP contribution in [0.15, 0.2) is 41.4 Å². The fourth-order valence-electron chi connectivity index (χ4n) is 1.37. The molecule has 3 nitrogen and oxygen atoms in total. The van der Waals surface area contributed by atoms with Gasteiger partial charge in [0.2, 0.25) is 0 Å². The third-order valence-corrected chi connectivity index (χ3v) is 1.95. The highest BCUT2D eigenvalue weighted by molar-refractivity contribution is 5.36. The first kappa shape index (κ1) is 7.22. The maximum absolute atomic E-state index is 3.14. The quantitative estimate of drug-likeness (QED) is 0.529. The molecule has 1 aliphatic heterocycles. The summed E-state index contributed by atoms with van der Waals surface area (Å²) in [6, 6.07) is 0. The van der Waals surface area contributed by atoms with E-state index in [-0.39, 0.29) is 0 Å². The molecule has 3 heteroatoms. The summed E-state index contributed by atoms with van der Waals surface area (Å²) in [6.45, 7) is 0. The number of likely N-dealkylation sites (N-methyl/N-ethyl adjacent to an activating group) is 2. The fourth-order valence-corrected chi connectivity index (χ4v) is 1.37. The van der Waals surface area contributed by atoms with Crippen LogP contribution in [0, 0.1) is 0 Å². The molecule has 1 N–H and O–H groups in total. The second-order valence-electron chi connectivity index (χ2n) is 2.83. The molecule has 0 amide bonds. The summed E-state index contributed by atoms with van der Waals surface area (Å²) in [4.78, 5) is 0. The van der Waals surface area contributed by atoms with Crippen LogP contribution < -0.4 is 5.53 Å². The molecule has 0 bridgehead atoms. The van der Waals surface area contributed by atoms with Gasteiger partial charge in [0.15, 0.2) is 0 Å². The Balaban J connectivity index is 2.47. The van der Waals surface area contributed by atoms with Gasteiger partial charge in [-0.05, 0) is 12.2 Å². The number of hydrazine groups is 2. The molecule has 0 atom stereocenters. The molecule has 2 aliphatic rings. The average molecular weight is 161 g/mol. The third-order valence-electron chi connectivity index (χ3n) is 1.95. The summed E-state index contributed by atoms with van der Waals surface area (Å²) < 4.78 is 0. The summed E-state index contributed by atoms with van der Waals surface area (Å²) in [6.07, 6.45) is 7.91. The SMILES string of the molecule is CN1NN(C)C2=C1C=C=CC=C2. The van der Waals surface area contributed by atoms with Gasteiger partial charge in [0, 0.05) is 20.2 Å². The number of nitrogens with zero attached hydrogens (tertiary/aromatic N) is 2. The first-order chi connectivity index (χ1) is 5.79. The van der Waals surface area contributed by atoms with Crippen LogP contribution in [0.1, 0.15) is 0 Å². The van der Waals surface area contributed by atoms with Crippen molar-refractivity contribution in [1.29, 1.82) is 0 Å². The fraction of sp³-hybridized carbons (Fsp3) is 0.222. The maximum Gasteiger partial charge on any atom is 0.0858 e.